The maximum atomic E-state index is 10.6. The van der Waals surface area contributed by atoms with Crippen molar-refractivity contribution in [3.05, 3.63) is 27.7 Å². The van der Waals surface area contributed by atoms with Crippen molar-refractivity contribution >= 4 is 27.9 Å². The molecule has 0 saturated carbocycles. The molecule has 0 aliphatic carbocycles. The van der Waals surface area contributed by atoms with Crippen molar-refractivity contribution in [2.24, 2.45) is 0 Å². The summed E-state index contributed by atoms with van der Waals surface area (Å²) in [6.07, 6.45) is 0.862. The second kappa shape index (κ2) is 3.72. The third kappa shape index (κ3) is 1.67. The van der Waals surface area contributed by atoms with Crippen molar-refractivity contribution < 1.29 is 4.79 Å². The number of hydrogen-bond acceptors (Lipinski definition) is 2. The first-order valence-corrected chi connectivity index (χ1v) is 4.41. The third-order valence-corrected chi connectivity index (χ3v) is 2.27. The molecule has 12 heavy (non-hydrogen) atoms. The van der Waals surface area contributed by atoms with E-state index in [4.69, 9.17) is 0 Å². The second-order valence-electron chi connectivity index (χ2n) is 2.54. The smallest absolute Gasteiger partial charge is 0.150 e. The van der Waals surface area contributed by atoms with E-state index in [1.165, 1.54) is 0 Å². The van der Waals surface area contributed by atoms with Crippen LogP contribution in [0.4, 0.5) is 5.69 Å². The summed E-state index contributed by atoms with van der Waals surface area (Å²) < 4.78 is 0.916. The molecule has 0 aromatic heterocycles. The van der Waals surface area contributed by atoms with E-state index in [1.54, 1.807) is 0 Å². The molecule has 0 amide bonds. The first-order valence-electron chi connectivity index (χ1n) is 3.62. The molecule has 0 bridgehead atoms. The van der Waals surface area contributed by atoms with Crippen LogP contribution in [0.2, 0.25) is 0 Å². The maximum absolute atomic E-state index is 10.6. The monoisotopic (exact) mass is 227 g/mol. The molecular formula is C9H10BrNO. The summed E-state index contributed by atoms with van der Waals surface area (Å²) in [5.41, 5.74) is 2.68. The Kier molecular flexibility index (Phi) is 2.87. The first-order chi connectivity index (χ1) is 5.69. The van der Waals surface area contributed by atoms with Crippen LogP contribution in [0.1, 0.15) is 15.9 Å². The zero-order valence-corrected chi connectivity index (χ0v) is 8.60. The van der Waals surface area contributed by atoms with E-state index in [2.05, 4.69) is 21.2 Å². The second-order valence-corrected chi connectivity index (χ2v) is 3.45. The van der Waals surface area contributed by atoms with Crippen molar-refractivity contribution in [1.82, 2.24) is 0 Å². The number of rotatable bonds is 2. The molecule has 1 N–H and O–H groups in total. The van der Waals surface area contributed by atoms with Gasteiger partial charge >= 0.3 is 0 Å². The number of halogens is 1. The van der Waals surface area contributed by atoms with Gasteiger partial charge in [-0.25, -0.2) is 0 Å². The normalized spacial score (nSPS) is 9.58. The Morgan fingerprint density at radius 2 is 2.17 bits per heavy atom. The van der Waals surface area contributed by atoms with E-state index in [0.29, 0.717) is 5.56 Å². The van der Waals surface area contributed by atoms with E-state index in [1.807, 2.05) is 26.1 Å². The van der Waals surface area contributed by atoms with Gasteiger partial charge in [-0.15, -0.1) is 0 Å². The molecule has 64 valence electrons. The van der Waals surface area contributed by atoms with Crippen molar-refractivity contribution in [2.45, 2.75) is 6.92 Å². The number of hydrogen-bond donors (Lipinski definition) is 1. The lowest BCUT2D eigenvalue weighted by Crippen LogP contribution is -1.95. The van der Waals surface area contributed by atoms with Crippen molar-refractivity contribution in [3.63, 3.8) is 0 Å². The molecule has 1 rings (SSSR count). The summed E-state index contributed by atoms with van der Waals surface area (Å²) in [7, 11) is 1.84. The molecule has 0 atom stereocenters. The van der Waals surface area contributed by atoms with Gasteiger partial charge in [-0.1, -0.05) is 15.9 Å². The Labute approximate surface area is 80.1 Å². The van der Waals surface area contributed by atoms with E-state index in [-0.39, 0.29) is 0 Å². The van der Waals surface area contributed by atoms with Crippen LogP contribution in [0.15, 0.2) is 16.6 Å². The Bertz CT molecular complexity index is 310. The minimum absolute atomic E-state index is 0.716. The Morgan fingerprint density at radius 1 is 1.50 bits per heavy atom. The fraction of sp³-hybridized carbons (Fsp3) is 0.222. The molecule has 0 aliphatic rings. The van der Waals surface area contributed by atoms with Crippen LogP contribution >= 0.6 is 15.9 Å². The summed E-state index contributed by atoms with van der Waals surface area (Å²) in [6.45, 7) is 1.92. The predicted molar refractivity (Wildman–Crippen MR) is 53.8 cm³/mol. The average Bonchev–Trinajstić information content (AvgIpc) is 2.08. The van der Waals surface area contributed by atoms with Gasteiger partial charge < -0.3 is 5.32 Å². The molecule has 0 heterocycles. The quantitative estimate of drug-likeness (QED) is 0.788. The summed E-state index contributed by atoms with van der Waals surface area (Å²) in [6, 6.07) is 3.76. The Balaban J connectivity index is 3.31. The number of benzene rings is 1. The summed E-state index contributed by atoms with van der Waals surface area (Å²) >= 11 is 3.33. The van der Waals surface area contributed by atoms with Crippen LogP contribution in [0.5, 0.6) is 0 Å². The summed E-state index contributed by atoms with van der Waals surface area (Å²) in [5, 5.41) is 3.02. The Hall–Kier alpha value is -0.830. The van der Waals surface area contributed by atoms with E-state index in [0.717, 1.165) is 22.0 Å². The van der Waals surface area contributed by atoms with Crippen molar-refractivity contribution in [1.29, 1.82) is 0 Å². The molecule has 0 spiro atoms. The van der Waals surface area contributed by atoms with Crippen molar-refractivity contribution in [2.75, 3.05) is 12.4 Å². The van der Waals surface area contributed by atoms with Crippen molar-refractivity contribution in [3.8, 4) is 0 Å². The van der Waals surface area contributed by atoms with Gasteiger partial charge in [0, 0.05) is 22.8 Å². The highest BCUT2D eigenvalue weighted by molar-refractivity contribution is 9.10. The maximum Gasteiger partial charge on any atom is 0.150 e. The molecule has 0 fully saturated rings. The molecule has 0 radical (unpaired) electrons. The molecule has 1 aromatic rings. The zero-order valence-electron chi connectivity index (χ0n) is 7.02. The van der Waals surface area contributed by atoms with Gasteiger partial charge in [0.1, 0.15) is 6.29 Å². The van der Waals surface area contributed by atoms with Crippen LogP contribution in [0.3, 0.4) is 0 Å². The van der Waals surface area contributed by atoms with Gasteiger partial charge in [0.15, 0.2) is 0 Å². The van der Waals surface area contributed by atoms with Gasteiger partial charge in [0.05, 0.1) is 0 Å². The summed E-state index contributed by atoms with van der Waals surface area (Å²) in [4.78, 5) is 10.6. The fourth-order valence-electron chi connectivity index (χ4n) is 1.08. The number of nitrogens with one attached hydrogen (secondary N) is 1. The molecular weight excluding hydrogens is 218 g/mol. The lowest BCUT2D eigenvalue weighted by atomic mass is 10.1. The highest BCUT2D eigenvalue weighted by atomic mass is 79.9. The van der Waals surface area contributed by atoms with Crippen LogP contribution in [-0.2, 0) is 0 Å². The van der Waals surface area contributed by atoms with Gasteiger partial charge in [-0.3, -0.25) is 4.79 Å². The highest BCUT2D eigenvalue weighted by Gasteiger charge is 2.03. The molecule has 2 nitrogen and oxygen atoms in total. The first kappa shape index (κ1) is 9.26. The zero-order chi connectivity index (χ0) is 9.14. The minimum Gasteiger partial charge on any atom is -0.388 e. The Morgan fingerprint density at radius 3 is 2.67 bits per heavy atom. The molecule has 0 unspecified atom stereocenters. The number of carbonyl (C=O) groups is 1. The lowest BCUT2D eigenvalue weighted by molar-refractivity contribution is 0.112. The fourth-order valence-corrected chi connectivity index (χ4v) is 1.56. The highest BCUT2D eigenvalue weighted by Crippen LogP contribution is 2.23. The van der Waals surface area contributed by atoms with Gasteiger partial charge in [0.2, 0.25) is 0 Å². The number of aldehydes is 1. The number of carbonyl (C=O) groups excluding carboxylic acids is 1. The minimum atomic E-state index is 0.716. The van der Waals surface area contributed by atoms with E-state index >= 15 is 0 Å². The van der Waals surface area contributed by atoms with Gasteiger partial charge in [-0.2, -0.15) is 0 Å². The van der Waals surface area contributed by atoms with Crippen LogP contribution in [-0.4, -0.2) is 13.3 Å². The molecule has 0 aliphatic heterocycles. The van der Waals surface area contributed by atoms with Gasteiger partial charge in [0.25, 0.3) is 0 Å². The lowest BCUT2D eigenvalue weighted by Gasteiger charge is -2.07. The average molecular weight is 228 g/mol. The summed E-state index contributed by atoms with van der Waals surface area (Å²) in [5.74, 6) is 0. The van der Waals surface area contributed by atoms with Crippen LogP contribution < -0.4 is 5.32 Å². The topological polar surface area (TPSA) is 29.1 Å². The largest absolute Gasteiger partial charge is 0.388 e. The SMILES string of the molecule is CNc1cc(Br)cc(C=O)c1C. The van der Waals surface area contributed by atoms with E-state index < -0.39 is 0 Å². The molecule has 3 heteroatoms. The van der Waals surface area contributed by atoms with E-state index in [9.17, 15) is 4.79 Å². The molecule has 1 aromatic carbocycles. The molecule has 0 saturated heterocycles. The van der Waals surface area contributed by atoms with Gasteiger partial charge in [-0.05, 0) is 24.6 Å². The van der Waals surface area contributed by atoms with Crippen LogP contribution in [0, 0.1) is 6.92 Å². The number of anilines is 1. The standard InChI is InChI=1S/C9H10BrNO/c1-6-7(5-12)3-8(10)4-9(6)11-2/h3-5,11H,1-2H3. The third-order valence-electron chi connectivity index (χ3n) is 1.81. The predicted octanol–water partition coefficient (Wildman–Crippen LogP) is 2.61. The van der Waals surface area contributed by atoms with Crippen LogP contribution in [0.25, 0.3) is 0 Å².